The standard InChI is InChI=1S/C13H13BrO2/c1-8(13(15)16)9-2-3-11-7-12(14)5-4-10(11)6-9/h4-8H,2-3H2,1H3,(H,15,16). The summed E-state index contributed by atoms with van der Waals surface area (Å²) < 4.78 is 1.08. The SMILES string of the molecule is CC(C(=O)O)C1=Cc2ccc(Br)cc2CC1. The third kappa shape index (κ3) is 2.19. The normalized spacial score (nSPS) is 16.2. The second-order valence-electron chi connectivity index (χ2n) is 4.12. The first-order valence-corrected chi connectivity index (χ1v) is 6.09. The minimum atomic E-state index is -0.744. The summed E-state index contributed by atoms with van der Waals surface area (Å²) in [6.45, 7) is 1.75. The maximum absolute atomic E-state index is 10.9. The van der Waals surface area contributed by atoms with Gasteiger partial charge in [-0.2, -0.15) is 0 Å². The topological polar surface area (TPSA) is 37.3 Å². The third-order valence-corrected chi connectivity index (χ3v) is 3.55. The first-order chi connectivity index (χ1) is 7.58. The fourth-order valence-electron chi connectivity index (χ4n) is 1.98. The number of hydrogen-bond acceptors (Lipinski definition) is 1. The van der Waals surface area contributed by atoms with Gasteiger partial charge in [-0.05, 0) is 43.0 Å². The minimum Gasteiger partial charge on any atom is -0.481 e. The van der Waals surface area contributed by atoms with Crippen LogP contribution in [-0.2, 0) is 11.2 Å². The molecule has 1 unspecified atom stereocenters. The van der Waals surface area contributed by atoms with Crippen molar-refractivity contribution >= 4 is 28.0 Å². The summed E-state index contributed by atoms with van der Waals surface area (Å²) in [5, 5.41) is 8.98. The van der Waals surface area contributed by atoms with Crippen LogP contribution in [-0.4, -0.2) is 11.1 Å². The van der Waals surface area contributed by atoms with Crippen LogP contribution in [0.25, 0.3) is 6.08 Å². The van der Waals surface area contributed by atoms with Gasteiger partial charge in [0, 0.05) is 4.47 Å². The molecule has 0 aliphatic heterocycles. The molecule has 2 rings (SSSR count). The number of hydrogen-bond donors (Lipinski definition) is 1. The van der Waals surface area contributed by atoms with E-state index in [0.717, 1.165) is 28.5 Å². The van der Waals surface area contributed by atoms with E-state index in [4.69, 9.17) is 5.11 Å². The predicted octanol–water partition coefficient (Wildman–Crippen LogP) is 3.50. The first-order valence-electron chi connectivity index (χ1n) is 5.29. The zero-order valence-electron chi connectivity index (χ0n) is 9.03. The Morgan fingerprint density at radius 2 is 2.19 bits per heavy atom. The average Bonchev–Trinajstić information content (AvgIpc) is 2.27. The van der Waals surface area contributed by atoms with Crippen LogP contribution in [0.15, 0.2) is 28.2 Å². The number of aliphatic carboxylic acids is 1. The Balaban J connectivity index is 2.35. The number of rotatable bonds is 2. The summed E-state index contributed by atoms with van der Waals surface area (Å²) in [4.78, 5) is 10.9. The first kappa shape index (κ1) is 11.4. The average molecular weight is 281 g/mol. The molecule has 16 heavy (non-hydrogen) atoms. The minimum absolute atomic E-state index is 0.378. The van der Waals surface area contributed by atoms with Crippen molar-refractivity contribution in [2.75, 3.05) is 0 Å². The van der Waals surface area contributed by atoms with E-state index in [2.05, 4.69) is 22.0 Å². The van der Waals surface area contributed by atoms with Gasteiger partial charge in [0.2, 0.25) is 0 Å². The van der Waals surface area contributed by atoms with Crippen molar-refractivity contribution in [2.24, 2.45) is 5.92 Å². The highest BCUT2D eigenvalue weighted by Gasteiger charge is 2.20. The molecule has 1 aromatic carbocycles. The fraction of sp³-hybridized carbons (Fsp3) is 0.308. The van der Waals surface area contributed by atoms with E-state index in [1.54, 1.807) is 6.92 Å². The Bertz CT molecular complexity index is 463. The lowest BCUT2D eigenvalue weighted by Crippen LogP contribution is -2.15. The van der Waals surface area contributed by atoms with Crippen molar-refractivity contribution < 1.29 is 9.90 Å². The number of carbonyl (C=O) groups is 1. The lowest BCUT2D eigenvalue weighted by Gasteiger charge is -2.19. The molecule has 0 fully saturated rings. The van der Waals surface area contributed by atoms with E-state index in [1.165, 1.54) is 5.56 Å². The summed E-state index contributed by atoms with van der Waals surface area (Å²) in [6, 6.07) is 6.13. The van der Waals surface area contributed by atoms with Crippen molar-refractivity contribution in [3.8, 4) is 0 Å². The van der Waals surface area contributed by atoms with Crippen molar-refractivity contribution in [2.45, 2.75) is 19.8 Å². The van der Waals surface area contributed by atoms with Crippen LogP contribution in [0.1, 0.15) is 24.5 Å². The molecule has 0 heterocycles. The highest BCUT2D eigenvalue weighted by Crippen LogP contribution is 2.30. The van der Waals surface area contributed by atoms with Crippen LogP contribution in [0.3, 0.4) is 0 Å². The Hall–Kier alpha value is -1.09. The third-order valence-electron chi connectivity index (χ3n) is 3.06. The molecule has 1 N–H and O–H groups in total. The zero-order valence-corrected chi connectivity index (χ0v) is 10.6. The molecule has 0 radical (unpaired) electrons. The van der Waals surface area contributed by atoms with Gasteiger partial charge in [-0.15, -0.1) is 0 Å². The Morgan fingerprint density at radius 3 is 2.88 bits per heavy atom. The van der Waals surface area contributed by atoms with Crippen molar-refractivity contribution in [1.82, 2.24) is 0 Å². The van der Waals surface area contributed by atoms with Crippen molar-refractivity contribution in [3.63, 3.8) is 0 Å². The molecule has 84 valence electrons. The lowest BCUT2D eigenvalue weighted by atomic mass is 9.86. The van der Waals surface area contributed by atoms with Crippen molar-refractivity contribution in [1.29, 1.82) is 0 Å². The highest BCUT2D eigenvalue weighted by atomic mass is 79.9. The number of halogens is 1. The highest BCUT2D eigenvalue weighted by molar-refractivity contribution is 9.10. The zero-order chi connectivity index (χ0) is 11.7. The monoisotopic (exact) mass is 280 g/mol. The number of aryl methyl sites for hydroxylation is 1. The van der Waals surface area contributed by atoms with Gasteiger partial charge in [-0.3, -0.25) is 4.79 Å². The quantitative estimate of drug-likeness (QED) is 0.900. The second kappa shape index (κ2) is 4.42. The summed E-state index contributed by atoms with van der Waals surface area (Å²) in [5.74, 6) is -1.12. The molecule has 1 aliphatic rings. The molecular formula is C13H13BrO2. The van der Waals surface area contributed by atoms with E-state index in [0.29, 0.717) is 0 Å². The smallest absolute Gasteiger partial charge is 0.310 e. The van der Waals surface area contributed by atoms with Crippen LogP contribution >= 0.6 is 15.9 Å². The fourth-order valence-corrected chi connectivity index (χ4v) is 2.39. The molecule has 1 aliphatic carbocycles. The summed E-state index contributed by atoms with van der Waals surface area (Å²) in [7, 11) is 0. The number of fused-ring (bicyclic) bond motifs is 1. The summed E-state index contributed by atoms with van der Waals surface area (Å²) in [6.07, 6.45) is 3.79. The Kier molecular flexibility index (Phi) is 3.15. The molecule has 2 nitrogen and oxygen atoms in total. The predicted molar refractivity (Wildman–Crippen MR) is 67.2 cm³/mol. The van der Waals surface area contributed by atoms with Crippen LogP contribution in [0.5, 0.6) is 0 Å². The number of carboxylic acids is 1. The second-order valence-corrected chi connectivity index (χ2v) is 5.04. The number of benzene rings is 1. The molecule has 0 bridgehead atoms. The van der Waals surface area contributed by atoms with Crippen LogP contribution < -0.4 is 0 Å². The van der Waals surface area contributed by atoms with Gasteiger partial charge >= 0.3 is 5.97 Å². The van der Waals surface area contributed by atoms with Gasteiger partial charge in [0.25, 0.3) is 0 Å². The molecule has 0 spiro atoms. The largest absolute Gasteiger partial charge is 0.481 e. The maximum Gasteiger partial charge on any atom is 0.310 e. The van der Waals surface area contributed by atoms with Crippen molar-refractivity contribution in [3.05, 3.63) is 39.4 Å². The molecular weight excluding hydrogens is 268 g/mol. The lowest BCUT2D eigenvalue weighted by molar-refractivity contribution is -0.139. The van der Waals surface area contributed by atoms with Gasteiger partial charge in [-0.25, -0.2) is 0 Å². The van der Waals surface area contributed by atoms with Gasteiger partial charge < -0.3 is 5.11 Å². The van der Waals surface area contributed by atoms with Gasteiger partial charge in [0.1, 0.15) is 0 Å². The van der Waals surface area contributed by atoms with E-state index in [9.17, 15) is 4.79 Å². The van der Waals surface area contributed by atoms with Gasteiger partial charge in [0.05, 0.1) is 5.92 Å². The Labute approximate surface area is 103 Å². The molecule has 1 atom stereocenters. The molecule has 1 aromatic rings. The Morgan fingerprint density at radius 1 is 1.44 bits per heavy atom. The van der Waals surface area contributed by atoms with Crippen LogP contribution in [0.4, 0.5) is 0 Å². The molecule has 0 amide bonds. The van der Waals surface area contributed by atoms with E-state index in [-0.39, 0.29) is 5.92 Å². The number of carboxylic acid groups (broad SMARTS) is 1. The van der Waals surface area contributed by atoms with Gasteiger partial charge in [0.15, 0.2) is 0 Å². The van der Waals surface area contributed by atoms with Gasteiger partial charge in [-0.1, -0.05) is 33.6 Å². The van der Waals surface area contributed by atoms with Crippen LogP contribution in [0, 0.1) is 5.92 Å². The molecule has 0 saturated heterocycles. The molecule has 0 saturated carbocycles. The summed E-state index contributed by atoms with van der Waals surface area (Å²) in [5.41, 5.74) is 3.45. The molecule has 0 aromatic heterocycles. The maximum atomic E-state index is 10.9. The van der Waals surface area contributed by atoms with E-state index in [1.807, 2.05) is 18.2 Å². The molecule has 3 heteroatoms. The van der Waals surface area contributed by atoms with E-state index < -0.39 is 5.97 Å². The summed E-state index contributed by atoms with van der Waals surface area (Å²) >= 11 is 3.44. The van der Waals surface area contributed by atoms with Crippen LogP contribution in [0.2, 0.25) is 0 Å². The van der Waals surface area contributed by atoms with E-state index >= 15 is 0 Å².